The number of nitrogens with one attached hydrogen (secondary N) is 1. The number of fused-ring (bicyclic) bond motifs is 2. The lowest BCUT2D eigenvalue weighted by atomic mass is 10.1. The van der Waals surface area contributed by atoms with E-state index in [1.165, 1.54) is 4.52 Å². The van der Waals surface area contributed by atoms with E-state index in [0.29, 0.717) is 23.8 Å². The zero-order chi connectivity index (χ0) is 23.3. The second kappa shape index (κ2) is 7.93. The van der Waals surface area contributed by atoms with E-state index in [-0.39, 0.29) is 23.8 Å². The molecule has 0 bridgehead atoms. The molecule has 170 valence electrons. The van der Waals surface area contributed by atoms with Crippen LogP contribution in [0.5, 0.6) is 0 Å². The Morgan fingerprint density at radius 3 is 2.94 bits per heavy atom. The molecule has 1 atom stereocenters. The minimum Gasteiger partial charge on any atom is -0.381 e. The largest absolute Gasteiger partial charge is 0.381 e. The molecule has 1 saturated heterocycles. The molecule has 0 saturated carbocycles. The Balaban J connectivity index is 1.54. The van der Waals surface area contributed by atoms with Gasteiger partial charge in [0.15, 0.2) is 11.5 Å². The highest BCUT2D eigenvalue weighted by atomic mass is 35.5. The molecule has 1 aliphatic rings. The van der Waals surface area contributed by atoms with Crippen molar-refractivity contribution in [3.05, 3.63) is 53.2 Å². The van der Waals surface area contributed by atoms with Crippen LogP contribution in [0.25, 0.3) is 11.2 Å². The van der Waals surface area contributed by atoms with Crippen molar-refractivity contribution in [2.45, 2.75) is 13.0 Å². The number of hydrogen-bond donors (Lipinski definition) is 2. The van der Waals surface area contributed by atoms with Crippen LogP contribution in [0.1, 0.15) is 28.9 Å². The molecule has 33 heavy (non-hydrogen) atoms. The number of aromatic nitrogens is 5. The van der Waals surface area contributed by atoms with Crippen LogP contribution in [0.4, 0.5) is 11.6 Å². The molecule has 3 N–H and O–H groups in total. The third kappa shape index (κ3) is 3.50. The van der Waals surface area contributed by atoms with Gasteiger partial charge in [0.25, 0.3) is 5.91 Å². The summed E-state index contributed by atoms with van der Waals surface area (Å²) >= 11 is 6.54. The number of anilines is 2. The van der Waals surface area contributed by atoms with Gasteiger partial charge in [0.1, 0.15) is 17.7 Å². The molecule has 1 fully saturated rings. The maximum Gasteiger partial charge on any atom is 0.259 e. The fraction of sp³-hybridized carbons (Fsp3) is 0.286. The first kappa shape index (κ1) is 21.0. The molecular formula is C21H22ClN9O2. The van der Waals surface area contributed by atoms with Crippen LogP contribution in [0.2, 0.25) is 5.02 Å². The Morgan fingerprint density at radius 2 is 2.15 bits per heavy atom. The van der Waals surface area contributed by atoms with Crippen LogP contribution in [0, 0.1) is 0 Å². The summed E-state index contributed by atoms with van der Waals surface area (Å²) < 4.78 is 3.31. The normalized spacial score (nSPS) is 15.4. The fourth-order valence-electron chi connectivity index (χ4n) is 4.12. The number of nitrogen functional groups attached to an aromatic ring is 1. The maximum atomic E-state index is 13.2. The number of halogens is 1. The van der Waals surface area contributed by atoms with Crippen LogP contribution in [-0.4, -0.2) is 67.4 Å². The number of likely N-dealkylation sites (N-methyl/N-ethyl adjacent to an activating group) is 1. The predicted molar refractivity (Wildman–Crippen MR) is 123 cm³/mol. The van der Waals surface area contributed by atoms with Crippen LogP contribution in [0.15, 0.2) is 37.1 Å². The minimum absolute atomic E-state index is 0.0114. The Labute approximate surface area is 193 Å². The summed E-state index contributed by atoms with van der Waals surface area (Å²) in [5, 5.41) is 7.64. The monoisotopic (exact) mass is 467 g/mol. The topological polar surface area (TPSA) is 126 Å². The summed E-state index contributed by atoms with van der Waals surface area (Å²) in [5.74, 6) is 0.451. The minimum atomic E-state index is -0.468. The van der Waals surface area contributed by atoms with Gasteiger partial charge in [-0.05, 0) is 19.1 Å². The second-order valence-corrected chi connectivity index (χ2v) is 8.41. The van der Waals surface area contributed by atoms with Crippen molar-refractivity contribution < 1.29 is 9.59 Å². The summed E-state index contributed by atoms with van der Waals surface area (Å²) in [6.07, 6.45) is 6.58. The van der Waals surface area contributed by atoms with E-state index in [9.17, 15) is 9.59 Å². The van der Waals surface area contributed by atoms with Gasteiger partial charge in [0.05, 0.1) is 29.3 Å². The molecule has 0 radical (unpaired) electrons. The van der Waals surface area contributed by atoms with Crippen LogP contribution in [0.3, 0.4) is 0 Å². The van der Waals surface area contributed by atoms with Crippen LogP contribution in [-0.2, 0) is 4.79 Å². The van der Waals surface area contributed by atoms with Gasteiger partial charge in [-0.15, -0.1) is 5.10 Å². The summed E-state index contributed by atoms with van der Waals surface area (Å²) in [5.41, 5.74) is 8.05. The Bertz CT molecular complexity index is 1400. The molecule has 0 aromatic carbocycles. The van der Waals surface area contributed by atoms with Crippen molar-refractivity contribution in [3.8, 4) is 0 Å². The van der Waals surface area contributed by atoms with E-state index in [2.05, 4.69) is 20.4 Å². The number of imidazole rings is 1. The Hall–Kier alpha value is -3.86. The third-order valence-electron chi connectivity index (χ3n) is 5.87. The average molecular weight is 468 g/mol. The lowest BCUT2D eigenvalue weighted by Gasteiger charge is -2.35. The Morgan fingerprint density at radius 1 is 1.33 bits per heavy atom. The molecular weight excluding hydrogens is 446 g/mol. The van der Waals surface area contributed by atoms with Crippen LogP contribution >= 0.6 is 11.6 Å². The van der Waals surface area contributed by atoms with Crippen LogP contribution < -0.4 is 16.0 Å². The number of nitrogens with zero attached hydrogens (tertiary/aromatic N) is 7. The number of rotatable bonds is 4. The molecule has 0 aliphatic carbocycles. The zero-order valence-electron chi connectivity index (χ0n) is 18.1. The number of hydrogen-bond acceptors (Lipinski definition) is 7. The molecule has 5 heterocycles. The molecule has 2 amide bonds. The number of pyridine rings is 1. The first-order valence-electron chi connectivity index (χ1n) is 10.4. The van der Waals surface area contributed by atoms with Crippen molar-refractivity contribution in [1.29, 1.82) is 0 Å². The van der Waals surface area contributed by atoms with Gasteiger partial charge in [0.2, 0.25) is 5.91 Å². The first-order valence-corrected chi connectivity index (χ1v) is 10.8. The molecule has 4 aromatic rings. The SMILES string of the molecule is CC(NC(=O)c1c(N)nn2cccnc12)c1cc(Cl)c2cncn2c1N1CCN(C)C(=O)C1. The number of carbonyl (C=O) groups excluding carboxylic acids is 2. The van der Waals surface area contributed by atoms with Crippen molar-refractivity contribution in [3.63, 3.8) is 0 Å². The van der Waals surface area contributed by atoms with E-state index in [1.54, 1.807) is 49.0 Å². The molecule has 5 rings (SSSR count). The maximum absolute atomic E-state index is 13.2. The molecule has 11 nitrogen and oxygen atoms in total. The van der Waals surface area contributed by atoms with Gasteiger partial charge in [-0.2, -0.15) is 0 Å². The summed E-state index contributed by atoms with van der Waals surface area (Å²) in [4.78, 5) is 37.8. The fourth-order valence-corrected chi connectivity index (χ4v) is 4.37. The number of amides is 2. The standard InChI is InChI=1S/C21H22ClN9O2/c1-12(26-20(33)17-18(23)27-31-5-3-4-25-19(17)31)13-8-14(22)15-9-24-11-30(15)21(13)29-7-6-28(2)16(32)10-29/h3-5,8-9,11-12H,6-7,10H2,1-2H3,(H2,23,27)(H,26,33). The summed E-state index contributed by atoms with van der Waals surface area (Å²) in [6.45, 7) is 3.28. The second-order valence-electron chi connectivity index (χ2n) is 8.00. The van der Waals surface area contributed by atoms with Gasteiger partial charge in [0, 0.05) is 38.1 Å². The van der Waals surface area contributed by atoms with E-state index in [1.807, 2.05) is 16.2 Å². The van der Waals surface area contributed by atoms with Gasteiger partial charge in [-0.25, -0.2) is 14.5 Å². The van der Waals surface area contributed by atoms with Crippen molar-refractivity contribution >= 4 is 46.2 Å². The zero-order valence-corrected chi connectivity index (χ0v) is 18.8. The lowest BCUT2D eigenvalue weighted by Crippen LogP contribution is -2.49. The van der Waals surface area contributed by atoms with Crippen molar-refractivity contribution in [2.75, 3.05) is 37.3 Å². The highest BCUT2D eigenvalue weighted by molar-refractivity contribution is 6.34. The molecule has 12 heteroatoms. The smallest absolute Gasteiger partial charge is 0.259 e. The van der Waals surface area contributed by atoms with E-state index >= 15 is 0 Å². The lowest BCUT2D eigenvalue weighted by molar-refractivity contribution is -0.129. The van der Waals surface area contributed by atoms with Gasteiger partial charge >= 0.3 is 0 Å². The third-order valence-corrected chi connectivity index (χ3v) is 6.17. The number of nitrogens with two attached hydrogens (primary N) is 1. The van der Waals surface area contributed by atoms with Gasteiger partial charge < -0.3 is 20.9 Å². The molecule has 1 unspecified atom stereocenters. The average Bonchev–Trinajstić information content (AvgIpc) is 3.40. The molecule has 4 aromatic heterocycles. The van der Waals surface area contributed by atoms with Crippen molar-refractivity contribution in [2.24, 2.45) is 0 Å². The van der Waals surface area contributed by atoms with Gasteiger partial charge in [-0.1, -0.05) is 11.6 Å². The van der Waals surface area contributed by atoms with Crippen molar-refractivity contribution in [1.82, 2.24) is 34.2 Å². The van der Waals surface area contributed by atoms with Gasteiger partial charge in [-0.3, -0.25) is 14.0 Å². The Kier molecular flexibility index (Phi) is 5.05. The van der Waals surface area contributed by atoms with E-state index < -0.39 is 11.9 Å². The highest BCUT2D eigenvalue weighted by Gasteiger charge is 2.29. The predicted octanol–water partition coefficient (Wildman–Crippen LogP) is 1.38. The highest BCUT2D eigenvalue weighted by Crippen LogP contribution is 2.33. The summed E-state index contributed by atoms with van der Waals surface area (Å²) in [6, 6.07) is 3.04. The van der Waals surface area contributed by atoms with E-state index in [4.69, 9.17) is 17.3 Å². The number of piperazine rings is 1. The molecule has 0 spiro atoms. The summed E-state index contributed by atoms with van der Waals surface area (Å²) in [7, 11) is 1.78. The van der Waals surface area contributed by atoms with E-state index in [0.717, 1.165) is 16.9 Å². The number of carbonyl (C=O) groups is 2. The first-order chi connectivity index (χ1) is 15.8. The molecule has 1 aliphatic heterocycles. The quantitative estimate of drug-likeness (QED) is 0.464.